The standard InChI is InChI=1S/C19H17NO4/c1-22-17-10-6-4-8-14(17)12-24-18-15(19(21)23-2)11-13-7-3-5-9-16(13)20-18/h3-11H,12H2,1-2H3. The summed E-state index contributed by atoms with van der Waals surface area (Å²) in [5, 5.41) is 0.850. The Kier molecular flexibility index (Phi) is 4.61. The van der Waals surface area contributed by atoms with E-state index in [1.165, 1.54) is 7.11 Å². The van der Waals surface area contributed by atoms with Crippen molar-refractivity contribution in [1.29, 1.82) is 0 Å². The molecule has 0 aliphatic carbocycles. The summed E-state index contributed by atoms with van der Waals surface area (Å²) < 4.78 is 16.0. The molecule has 0 radical (unpaired) electrons. The topological polar surface area (TPSA) is 57.7 Å². The fourth-order valence-corrected chi connectivity index (χ4v) is 2.43. The predicted molar refractivity (Wildman–Crippen MR) is 90.4 cm³/mol. The minimum atomic E-state index is -0.483. The lowest BCUT2D eigenvalue weighted by molar-refractivity contribution is 0.0594. The van der Waals surface area contributed by atoms with Gasteiger partial charge >= 0.3 is 5.97 Å². The van der Waals surface area contributed by atoms with Crippen molar-refractivity contribution in [2.75, 3.05) is 14.2 Å². The average molecular weight is 323 g/mol. The second kappa shape index (κ2) is 7.00. The first-order valence-electron chi connectivity index (χ1n) is 7.45. The lowest BCUT2D eigenvalue weighted by Gasteiger charge is -2.12. The van der Waals surface area contributed by atoms with Crippen molar-refractivity contribution in [2.24, 2.45) is 0 Å². The van der Waals surface area contributed by atoms with Gasteiger partial charge in [-0.15, -0.1) is 0 Å². The SMILES string of the molecule is COC(=O)c1cc2ccccc2nc1OCc1ccccc1OC. The smallest absolute Gasteiger partial charge is 0.343 e. The van der Waals surface area contributed by atoms with Crippen molar-refractivity contribution >= 4 is 16.9 Å². The van der Waals surface area contributed by atoms with Gasteiger partial charge in [0.05, 0.1) is 19.7 Å². The molecule has 0 saturated carbocycles. The fourth-order valence-electron chi connectivity index (χ4n) is 2.43. The molecule has 1 aromatic heterocycles. The Morgan fingerprint density at radius 2 is 1.79 bits per heavy atom. The van der Waals surface area contributed by atoms with Gasteiger partial charge in [0.2, 0.25) is 5.88 Å². The number of methoxy groups -OCH3 is 2. The molecule has 0 atom stereocenters. The van der Waals surface area contributed by atoms with Crippen molar-refractivity contribution in [1.82, 2.24) is 4.98 Å². The maximum absolute atomic E-state index is 12.0. The van der Waals surface area contributed by atoms with Crippen molar-refractivity contribution in [3.05, 3.63) is 65.7 Å². The molecule has 0 aliphatic rings. The summed E-state index contributed by atoms with van der Waals surface area (Å²) in [6.45, 7) is 0.235. The van der Waals surface area contributed by atoms with Gasteiger partial charge in [-0.05, 0) is 18.2 Å². The number of fused-ring (bicyclic) bond motifs is 1. The van der Waals surface area contributed by atoms with E-state index >= 15 is 0 Å². The Morgan fingerprint density at radius 1 is 1.04 bits per heavy atom. The summed E-state index contributed by atoms with van der Waals surface area (Å²) >= 11 is 0. The molecule has 122 valence electrons. The molecule has 1 heterocycles. The largest absolute Gasteiger partial charge is 0.496 e. The number of nitrogens with zero attached hydrogens (tertiary/aromatic N) is 1. The number of pyridine rings is 1. The van der Waals surface area contributed by atoms with Gasteiger partial charge in [0.25, 0.3) is 0 Å². The molecule has 24 heavy (non-hydrogen) atoms. The van der Waals surface area contributed by atoms with E-state index in [0.717, 1.165) is 22.2 Å². The predicted octanol–water partition coefficient (Wildman–Crippen LogP) is 3.61. The highest BCUT2D eigenvalue weighted by atomic mass is 16.5. The van der Waals surface area contributed by atoms with Gasteiger partial charge in [-0.25, -0.2) is 9.78 Å². The van der Waals surface area contributed by atoms with Crippen LogP contribution in [-0.4, -0.2) is 25.2 Å². The van der Waals surface area contributed by atoms with Crippen molar-refractivity contribution in [3.63, 3.8) is 0 Å². The molecule has 3 aromatic rings. The molecule has 0 bridgehead atoms. The Labute approximate surface area is 139 Å². The van der Waals surface area contributed by atoms with Gasteiger partial charge in [-0.2, -0.15) is 0 Å². The molecule has 0 fully saturated rings. The number of ether oxygens (including phenoxy) is 3. The Balaban J connectivity index is 1.96. The quantitative estimate of drug-likeness (QED) is 0.671. The first kappa shape index (κ1) is 15.8. The first-order chi connectivity index (χ1) is 11.7. The molecule has 3 rings (SSSR count). The Bertz CT molecular complexity index is 876. The van der Waals surface area contributed by atoms with Gasteiger partial charge in [-0.1, -0.05) is 36.4 Å². The van der Waals surface area contributed by atoms with Crippen LogP contribution in [0.15, 0.2) is 54.6 Å². The van der Waals surface area contributed by atoms with Gasteiger partial charge in [0.15, 0.2) is 0 Å². The third-order valence-electron chi connectivity index (χ3n) is 3.65. The summed E-state index contributed by atoms with van der Waals surface area (Å²) in [6, 6.07) is 16.8. The van der Waals surface area contributed by atoms with Crippen LogP contribution in [0.4, 0.5) is 0 Å². The van der Waals surface area contributed by atoms with Crippen LogP contribution in [0.1, 0.15) is 15.9 Å². The molecule has 0 saturated heterocycles. The van der Waals surface area contributed by atoms with E-state index in [1.807, 2.05) is 48.5 Å². The van der Waals surface area contributed by atoms with Crippen LogP contribution in [0.3, 0.4) is 0 Å². The minimum Gasteiger partial charge on any atom is -0.496 e. The summed E-state index contributed by atoms with van der Waals surface area (Å²) in [5.41, 5.74) is 1.91. The second-order valence-electron chi connectivity index (χ2n) is 5.13. The van der Waals surface area contributed by atoms with Gasteiger partial charge in [0, 0.05) is 10.9 Å². The molecule has 5 nitrogen and oxygen atoms in total. The number of aromatic nitrogens is 1. The lowest BCUT2D eigenvalue weighted by atomic mass is 10.1. The van der Waals surface area contributed by atoms with Gasteiger partial charge in [-0.3, -0.25) is 0 Å². The number of benzene rings is 2. The number of hydrogen-bond donors (Lipinski definition) is 0. The highest BCUT2D eigenvalue weighted by Gasteiger charge is 2.17. The van der Waals surface area contributed by atoms with E-state index in [-0.39, 0.29) is 12.5 Å². The van der Waals surface area contributed by atoms with Crippen LogP contribution in [0.5, 0.6) is 11.6 Å². The van der Waals surface area contributed by atoms with Gasteiger partial charge in [0.1, 0.15) is 17.9 Å². The zero-order valence-electron chi connectivity index (χ0n) is 13.5. The highest BCUT2D eigenvalue weighted by molar-refractivity contribution is 5.96. The minimum absolute atomic E-state index is 0.235. The Morgan fingerprint density at radius 3 is 2.58 bits per heavy atom. The third-order valence-corrected chi connectivity index (χ3v) is 3.65. The van der Waals surface area contributed by atoms with Crippen LogP contribution in [0.2, 0.25) is 0 Å². The van der Waals surface area contributed by atoms with E-state index in [0.29, 0.717) is 5.56 Å². The number of esters is 1. The zero-order chi connectivity index (χ0) is 16.9. The third kappa shape index (κ3) is 3.15. The summed E-state index contributed by atoms with van der Waals surface area (Å²) in [5.74, 6) is 0.479. The van der Waals surface area contributed by atoms with Crippen LogP contribution in [0, 0.1) is 0 Å². The normalized spacial score (nSPS) is 10.4. The number of hydrogen-bond acceptors (Lipinski definition) is 5. The fraction of sp³-hybridized carbons (Fsp3) is 0.158. The molecule has 0 amide bonds. The van der Waals surface area contributed by atoms with Crippen molar-refractivity contribution < 1.29 is 19.0 Å². The Hall–Kier alpha value is -3.08. The molecule has 0 aliphatic heterocycles. The number of para-hydroxylation sites is 2. The summed E-state index contributed by atoms with van der Waals surface area (Å²) in [4.78, 5) is 16.5. The van der Waals surface area contributed by atoms with Gasteiger partial charge < -0.3 is 14.2 Å². The van der Waals surface area contributed by atoms with Crippen LogP contribution >= 0.6 is 0 Å². The summed E-state index contributed by atoms with van der Waals surface area (Å²) in [7, 11) is 2.94. The summed E-state index contributed by atoms with van der Waals surface area (Å²) in [6.07, 6.45) is 0. The number of rotatable bonds is 5. The second-order valence-corrected chi connectivity index (χ2v) is 5.13. The maximum Gasteiger partial charge on any atom is 0.343 e. The monoisotopic (exact) mass is 323 g/mol. The van der Waals surface area contributed by atoms with Crippen LogP contribution < -0.4 is 9.47 Å². The van der Waals surface area contributed by atoms with E-state index in [9.17, 15) is 4.79 Å². The molecule has 0 N–H and O–H groups in total. The molecule has 2 aromatic carbocycles. The molecular formula is C19H17NO4. The molecular weight excluding hydrogens is 306 g/mol. The van der Waals surface area contributed by atoms with E-state index < -0.39 is 5.97 Å². The first-order valence-corrected chi connectivity index (χ1v) is 7.45. The average Bonchev–Trinajstić information content (AvgIpc) is 2.65. The van der Waals surface area contributed by atoms with Crippen molar-refractivity contribution in [2.45, 2.75) is 6.61 Å². The van der Waals surface area contributed by atoms with Crippen LogP contribution in [-0.2, 0) is 11.3 Å². The van der Waals surface area contributed by atoms with E-state index in [4.69, 9.17) is 14.2 Å². The number of carbonyl (C=O) groups is 1. The maximum atomic E-state index is 12.0. The number of carbonyl (C=O) groups excluding carboxylic acids is 1. The van der Waals surface area contributed by atoms with E-state index in [1.54, 1.807) is 13.2 Å². The molecule has 0 unspecified atom stereocenters. The van der Waals surface area contributed by atoms with E-state index in [2.05, 4.69) is 4.98 Å². The highest BCUT2D eigenvalue weighted by Crippen LogP contribution is 2.25. The van der Waals surface area contributed by atoms with Crippen LogP contribution in [0.25, 0.3) is 10.9 Å². The molecule has 0 spiro atoms. The lowest BCUT2D eigenvalue weighted by Crippen LogP contribution is -2.08. The van der Waals surface area contributed by atoms with Crippen molar-refractivity contribution in [3.8, 4) is 11.6 Å². The zero-order valence-corrected chi connectivity index (χ0v) is 13.5. The molecule has 5 heteroatoms.